The fraction of sp³-hybridized carbons (Fsp3) is 0.400. The van der Waals surface area contributed by atoms with E-state index in [1.807, 2.05) is 19.1 Å². The summed E-state index contributed by atoms with van der Waals surface area (Å²) in [5.41, 5.74) is 1.39. The minimum atomic E-state index is -3.08. The third-order valence-electron chi connectivity index (χ3n) is 3.81. The van der Waals surface area contributed by atoms with Crippen molar-refractivity contribution in [3.63, 3.8) is 0 Å². The summed E-state index contributed by atoms with van der Waals surface area (Å²) in [5.74, 6) is 0.0484. The molecule has 2 amide bonds. The summed E-state index contributed by atoms with van der Waals surface area (Å²) in [6.45, 7) is 2.48. The van der Waals surface area contributed by atoms with E-state index >= 15 is 0 Å². The van der Waals surface area contributed by atoms with Gasteiger partial charge in [0.2, 0.25) is 0 Å². The van der Waals surface area contributed by atoms with Crippen LogP contribution in [-0.2, 0) is 9.84 Å². The number of urea groups is 1. The lowest BCUT2D eigenvalue weighted by molar-refractivity contribution is 0.210. The predicted octanol–water partition coefficient (Wildman–Crippen LogP) is 1.17. The Hall–Kier alpha value is -2.42. The lowest BCUT2D eigenvalue weighted by Gasteiger charge is -2.22. The van der Waals surface area contributed by atoms with Gasteiger partial charge in [0.15, 0.2) is 9.84 Å². The van der Waals surface area contributed by atoms with Crippen molar-refractivity contribution in [2.24, 2.45) is 5.92 Å². The number of rotatable bonds is 2. The molecule has 1 fully saturated rings. The van der Waals surface area contributed by atoms with Crippen LogP contribution in [0, 0.1) is 5.92 Å². The Balaban J connectivity index is 1.72. The van der Waals surface area contributed by atoms with E-state index in [0.29, 0.717) is 12.2 Å². The summed E-state index contributed by atoms with van der Waals surface area (Å²) in [7, 11) is -3.08. The minimum absolute atomic E-state index is 0.00373. The molecule has 8 nitrogen and oxygen atoms in total. The monoisotopic (exact) mass is 349 g/mol. The highest BCUT2D eigenvalue weighted by atomic mass is 32.2. The van der Waals surface area contributed by atoms with Gasteiger partial charge < -0.3 is 10.2 Å². The standard InChI is InChI=1S/C15H19N5O3S/c1-12-10-19(7-8-24(22,23)11-12)15(21)17-13-3-2-4-14(9-13)20-6-5-16-18-20/h2-6,9,12H,7-8,10-11H2,1H3,(H,17,21)/t12-/m1/s1. The molecule has 1 saturated heterocycles. The summed E-state index contributed by atoms with van der Waals surface area (Å²) in [6, 6.07) is 6.92. The number of nitrogens with zero attached hydrogens (tertiary/aromatic N) is 4. The molecule has 2 heterocycles. The van der Waals surface area contributed by atoms with E-state index in [4.69, 9.17) is 0 Å². The summed E-state index contributed by atoms with van der Waals surface area (Å²) >= 11 is 0. The second kappa shape index (κ2) is 6.60. The highest BCUT2D eigenvalue weighted by molar-refractivity contribution is 7.91. The van der Waals surface area contributed by atoms with Crippen molar-refractivity contribution in [2.45, 2.75) is 6.92 Å². The summed E-state index contributed by atoms with van der Waals surface area (Å²) in [4.78, 5) is 14.0. The molecular formula is C15H19N5O3S. The SMILES string of the molecule is C[C@@H]1CN(C(=O)Nc2cccc(-n3ccnn3)c2)CCS(=O)(=O)C1. The van der Waals surface area contributed by atoms with Gasteiger partial charge in [-0.25, -0.2) is 17.9 Å². The van der Waals surface area contributed by atoms with E-state index in [2.05, 4.69) is 15.6 Å². The molecule has 1 aromatic carbocycles. The second-order valence-electron chi connectivity index (χ2n) is 5.99. The van der Waals surface area contributed by atoms with Gasteiger partial charge in [0.1, 0.15) is 0 Å². The largest absolute Gasteiger partial charge is 0.323 e. The Bertz CT molecular complexity index is 819. The van der Waals surface area contributed by atoms with Crippen LogP contribution in [0.3, 0.4) is 0 Å². The molecule has 3 rings (SSSR count). The Labute approximate surface area is 140 Å². The van der Waals surface area contributed by atoms with Crippen molar-refractivity contribution in [3.05, 3.63) is 36.7 Å². The Morgan fingerprint density at radius 1 is 1.38 bits per heavy atom. The van der Waals surface area contributed by atoms with Crippen LogP contribution in [0.4, 0.5) is 10.5 Å². The molecule has 2 aromatic rings. The molecule has 1 atom stereocenters. The molecule has 1 aliphatic rings. The minimum Gasteiger partial charge on any atom is -0.323 e. The zero-order valence-electron chi connectivity index (χ0n) is 13.3. The molecule has 1 aliphatic heterocycles. The molecule has 0 unspecified atom stereocenters. The Kier molecular flexibility index (Phi) is 4.52. The zero-order valence-corrected chi connectivity index (χ0v) is 14.1. The first kappa shape index (κ1) is 16.4. The van der Waals surface area contributed by atoms with Gasteiger partial charge in [-0.1, -0.05) is 18.2 Å². The number of hydrogen-bond donors (Lipinski definition) is 1. The second-order valence-corrected chi connectivity index (χ2v) is 8.22. The fourth-order valence-corrected chi connectivity index (χ4v) is 4.38. The van der Waals surface area contributed by atoms with Crippen LogP contribution in [0.1, 0.15) is 6.92 Å². The van der Waals surface area contributed by atoms with Gasteiger partial charge >= 0.3 is 6.03 Å². The van der Waals surface area contributed by atoms with Crippen LogP contribution >= 0.6 is 0 Å². The zero-order chi connectivity index (χ0) is 17.2. The number of sulfone groups is 1. The smallest absolute Gasteiger partial charge is 0.321 e. The van der Waals surface area contributed by atoms with E-state index in [1.54, 1.807) is 34.1 Å². The fourth-order valence-electron chi connectivity index (χ4n) is 2.75. The van der Waals surface area contributed by atoms with Crippen molar-refractivity contribution in [1.29, 1.82) is 0 Å². The maximum absolute atomic E-state index is 12.5. The predicted molar refractivity (Wildman–Crippen MR) is 89.8 cm³/mol. The van der Waals surface area contributed by atoms with E-state index in [1.165, 1.54) is 0 Å². The van der Waals surface area contributed by atoms with E-state index in [0.717, 1.165) is 5.69 Å². The average Bonchev–Trinajstić information content (AvgIpc) is 3.01. The average molecular weight is 349 g/mol. The van der Waals surface area contributed by atoms with Gasteiger partial charge in [0.05, 0.1) is 29.6 Å². The van der Waals surface area contributed by atoms with Gasteiger partial charge in [0, 0.05) is 18.8 Å². The molecule has 0 radical (unpaired) electrons. The molecular weight excluding hydrogens is 330 g/mol. The Morgan fingerprint density at radius 3 is 2.96 bits per heavy atom. The molecule has 9 heteroatoms. The van der Waals surface area contributed by atoms with Crippen molar-refractivity contribution >= 4 is 21.6 Å². The lowest BCUT2D eigenvalue weighted by Crippen LogP contribution is -2.38. The highest BCUT2D eigenvalue weighted by Crippen LogP contribution is 2.16. The van der Waals surface area contributed by atoms with Gasteiger partial charge in [0.25, 0.3) is 0 Å². The van der Waals surface area contributed by atoms with Crippen molar-refractivity contribution in [2.75, 3.05) is 29.9 Å². The highest BCUT2D eigenvalue weighted by Gasteiger charge is 2.26. The van der Waals surface area contributed by atoms with Crippen molar-refractivity contribution in [1.82, 2.24) is 19.9 Å². The molecule has 24 heavy (non-hydrogen) atoms. The quantitative estimate of drug-likeness (QED) is 0.878. The Morgan fingerprint density at radius 2 is 2.21 bits per heavy atom. The first-order chi connectivity index (χ1) is 11.4. The maximum atomic E-state index is 12.5. The molecule has 1 aromatic heterocycles. The third kappa shape index (κ3) is 3.91. The topological polar surface area (TPSA) is 97.2 Å². The molecule has 0 spiro atoms. The molecule has 0 bridgehead atoms. The number of benzene rings is 1. The van der Waals surface area contributed by atoms with E-state index in [-0.39, 0.29) is 30.0 Å². The number of amides is 2. The van der Waals surface area contributed by atoms with Gasteiger partial charge in [-0.05, 0) is 24.1 Å². The third-order valence-corrected chi connectivity index (χ3v) is 5.70. The van der Waals surface area contributed by atoms with Crippen molar-refractivity contribution < 1.29 is 13.2 Å². The van der Waals surface area contributed by atoms with Crippen LogP contribution in [0.2, 0.25) is 0 Å². The van der Waals surface area contributed by atoms with Crippen LogP contribution in [0.25, 0.3) is 5.69 Å². The normalized spacial score (nSPS) is 20.4. The number of anilines is 1. The first-order valence-corrected chi connectivity index (χ1v) is 9.48. The number of carbonyl (C=O) groups excluding carboxylic acids is 1. The van der Waals surface area contributed by atoms with E-state index < -0.39 is 9.84 Å². The number of nitrogens with one attached hydrogen (secondary N) is 1. The van der Waals surface area contributed by atoms with Crippen LogP contribution in [0.5, 0.6) is 0 Å². The first-order valence-electron chi connectivity index (χ1n) is 7.66. The van der Waals surface area contributed by atoms with Gasteiger partial charge in [-0.15, -0.1) is 5.10 Å². The van der Waals surface area contributed by atoms with E-state index in [9.17, 15) is 13.2 Å². The summed E-state index contributed by atoms with van der Waals surface area (Å²) in [6.07, 6.45) is 3.28. The summed E-state index contributed by atoms with van der Waals surface area (Å²) < 4.78 is 25.2. The van der Waals surface area contributed by atoms with Gasteiger partial charge in [-0.2, -0.15) is 0 Å². The molecule has 0 aliphatic carbocycles. The van der Waals surface area contributed by atoms with Crippen molar-refractivity contribution in [3.8, 4) is 5.69 Å². The molecule has 128 valence electrons. The molecule has 1 N–H and O–H groups in total. The van der Waals surface area contributed by atoms with Crippen LogP contribution < -0.4 is 5.32 Å². The number of hydrogen-bond acceptors (Lipinski definition) is 5. The van der Waals surface area contributed by atoms with Crippen LogP contribution in [-0.4, -0.2) is 58.9 Å². The van der Waals surface area contributed by atoms with Gasteiger partial charge in [-0.3, -0.25) is 0 Å². The maximum Gasteiger partial charge on any atom is 0.321 e. The molecule has 0 saturated carbocycles. The lowest BCUT2D eigenvalue weighted by atomic mass is 10.2. The van der Waals surface area contributed by atoms with Crippen LogP contribution in [0.15, 0.2) is 36.7 Å². The summed E-state index contributed by atoms with van der Waals surface area (Å²) in [5, 5.41) is 10.5. The number of carbonyl (C=O) groups is 1. The number of aromatic nitrogens is 3.